The van der Waals surface area contributed by atoms with Gasteiger partial charge in [0.1, 0.15) is 5.82 Å². The Hall–Kier alpha value is -1.75. The number of rotatable bonds is 4. The second-order valence-electron chi connectivity index (χ2n) is 4.94. The highest BCUT2D eigenvalue weighted by Gasteiger charge is 2.21. The molecule has 4 nitrogen and oxygen atoms in total. The van der Waals surface area contributed by atoms with E-state index in [1.54, 1.807) is 0 Å². The maximum absolute atomic E-state index is 12.8. The number of ketones is 1. The minimum absolute atomic E-state index is 0.0136. The predicted octanol–water partition coefficient (Wildman–Crippen LogP) is 1.56. The first-order valence-corrected chi connectivity index (χ1v) is 6.89. The maximum Gasteiger partial charge on any atom is 0.222 e. The summed E-state index contributed by atoms with van der Waals surface area (Å²) < 4.78 is 12.8. The SMILES string of the molecule is CCC(=O)N1CCN(CC(=O)c2ccc(F)cc2)CC1. The monoisotopic (exact) mass is 278 g/mol. The van der Waals surface area contributed by atoms with Crippen molar-refractivity contribution in [3.63, 3.8) is 0 Å². The van der Waals surface area contributed by atoms with Crippen LogP contribution >= 0.6 is 0 Å². The molecule has 1 amide bonds. The van der Waals surface area contributed by atoms with Gasteiger partial charge in [-0.1, -0.05) is 6.92 Å². The molecule has 108 valence electrons. The van der Waals surface area contributed by atoms with E-state index in [2.05, 4.69) is 0 Å². The van der Waals surface area contributed by atoms with Crippen LogP contribution in [0.15, 0.2) is 24.3 Å². The van der Waals surface area contributed by atoms with E-state index in [1.165, 1.54) is 24.3 Å². The summed E-state index contributed by atoms with van der Waals surface area (Å²) in [4.78, 5) is 27.5. The fraction of sp³-hybridized carbons (Fsp3) is 0.467. The molecule has 0 unspecified atom stereocenters. The number of hydrogen-bond acceptors (Lipinski definition) is 3. The maximum atomic E-state index is 12.8. The molecule has 20 heavy (non-hydrogen) atoms. The van der Waals surface area contributed by atoms with Crippen LogP contribution in [0.2, 0.25) is 0 Å². The third kappa shape index (κ3) is 3.63. The Balaban J connectivity index is 1.85. The van der Waals surface area contributed by atoms with E-state index in [-0.39, 0.29) is 17.5 Å². The molecule has 2 rings (SSSR count). The molecule has 0 bridgehead atoms. The third-order valence-corrected chi connectivity index (χ3v) is 3.56. The fourth-order valence-corrected chi connectivity index (χ4v) is 2.31. The molecule has 0 spiro atoms. The van der Waals surface area contributed by atoms with Crippen molar-refractivity contribution >= 4 is 11.7 Å². The van der Waals surface area contributed by atoms with Gasteiger partial charge in [0.2, 0.25) is 5.91 Å². The number of carbonyl (C=O) groups excluding carboxylic acids is 2. The summed E-state index contributed by atoms with van der Waals surface area (Å²) in [5.74, 6) is -0.192. The van der Waals surface area contributed by atoms with Crippen molar-refractivity contribution in [2.24, 2.45) is 0 Å². The molecule has 1 fully saturated rings. The zero-order valence-electron chi connectivity index (χ0n) is 11.6. The first-order valence-electron chi connectivity index (χ1n) is 6.89. The van der Waals surface area contributed by atoms with Gasteiger partial charge in [-0.15, -0.1) is 0 Å². The van der Waals surface area contributed by atoms with Crippen molar-refractivity contribution in [1.82, 2.24) is 9.80 Å². The molecule has 1 heterocycles. The average Bonchev–Trinajstić information content (AvgIpc) is 2.48. The Morgan fingerprint density at radius 3 is 2.25 bits per heavy atom. The van der Waals surface area contributed by atoms with Crippen LogP contribution in [-0.2, 0) is 4.79 Å². The van der Waals surface area contributed by atoms with E-state index in [9.17, 15) is 14.0 Å². The normalized spacial score (nSPS) is 16.2. The highest BCUT2D eigenvalue weighted by atomic mass is 19.1. The van der Waals surface area contributed by atoms with E-state index >= 15 is 0 Å². The van der Waals surface area contributed by atoms with E-state index in [1.807, 2.05) is 16.7 Å². The smallest absolute Gasteiger partial charge is 0.222 e. The van der Waals surface area contributed by atoms with Gasteiger partial charge in [-0.05, 0) is 24.3 Å². The second-order valence-corrected chi connectivity index (χ2v) is 4.94. The molecule has 5 heteroatoms. The Labute approximate surface area is 118 Å². The molecule has 1 aliphatic heterocycles. The molecular formula is C15H19FN2O2. The van der Waals surface area contributed by atoms with Gasteiger partial charge in [0.05, 0.1) is 6.54 Å². The minimum atomic E-state index is -0.340. The quantitative estimate of drug-likeness (QED) is 0.785. The van der Waals surface area contributed by atoms with Crippen molar-refractivity contribution in [1.29, 1.82) is 0 Å². The molecule has 0 atom stereocenters. The Morgan fingerprint density at radius 1 is 1.10 bits per heavy atom. The number of carbonyl (C=O) groups is 2. The van der Waals surface area contributed by atoms with Crippen molar-refractivity contribution in [2.45, 2.75) is 13.3 Å². The van der Waals surface area contributed by atoms with Crippen LogP contribution in [0, 0.1) is 5.82 Å². The summed E-state index contributed by atoms with van der Waals surface area (Å²) in [7, 11) is 0. The van der Waals surface area contributed by atoms with Crippen LogP contribution in [0.3, 0.4) is 0 Å². The lowest BCUT2D eigenvalue weighted by Gasteiger charge is -2.34. The van der Waals surface area contributed by atoms with Gasteiger partial charge in [-0.2, -0.15) is 0 Å². The number of hydrogen-bond donors (Lipinski definition) is 0. The number of benzene rings is 1. The Morgan fingerprint density at radius 2 is 1.70 bits per heavy atom. The third-order valence-electron chi connectivity index (χ3n) is 3.56. The fourth-order valence-electron chi connectivity index (χ4n) is 2.31. The molecule has 0 N–H and O–H groups in total. The second kappa shape index (κ2) is 6.61. The molecule has 1 aliphatic rings. The number of nitrogens with zero attached hydrogens (tertiary/aromatic N) is 2. The standard InChI is InChI=1S/C15H19FN2O2/c1-2-15(20)18-9-7-17(8-10-18)11-14(19)12-3-5-13(16)6-4-12/h3-6H,2,7-11H2,1H3. The molecule has 1 saturated heterocycles. The van der Waals surface area contributed by atoms with Crippen molar-refractivity contribution in [3.8, 4) is 0 Å². The molecule has 1 aromatic rings. The number of piperazine rings is 1. The van der Waals surface area contributed by atoms with Gasteiger partial charge >= 0.3 is 0 Å². The number of amides is 1. The summed E-state index contributed by atoms with van der Waals surface area (Å²) in [6, 6.07) is 5.61. The number of halogens is 1. The highest BCUT2D eigenvalue weighted by Crippen LogP contribution is 2.08. The van der Waals surface area contributed by atoms with E-state index in [0.717, 1.165) is 0 Å². The van der Waals surface area contributed by atoms with Gasteiger partial charge in [-0.3, -0.25) is 14.5 Å². The lowest BCUT2D eigenvalue weighted by atomic mass is 10.1. The summed E-state index contributed by atoms with van der Waals surface area (Å²) in [6.07, 6.45) is 0.522. The minimum Gasteiger partial charge on any atom is -0.340 e. The van der Waals surface area contributed by atoms with Gasteiger partial charge in [-0.25, -0.2) is 4.39 Å². The van der Waals surface area contributed by atoms with E-state index < -0.39 is 0 Å². The molecular weight excluding hydrogens is 259 g/mol. The summed E-state index contributed by atoms with van der Waals surface area (Å²) in [5.41, 5.74) is 0.526. The van der Waals surface area contributed by atoms with Crippen LogP contribution < -0.4 is 0 Å². The topological polar surface area (TPSA) is 40.6 Å². The first kappa shape index (κ1) is 14.7. The number of Topliss-reactive ketones (excluding diaryl/α,β-unsaturated/α-hetero) is 1. The molecule has 0 radical (unpaired) electrons. The zero-order chi connectivity index (χ0) is 14.5. The van der Waals surface area contributed by atoms with Gasteiger partial charge in [0, 0.05) is 38.2 Å². The van der Waals surface area contributed by atoms with Gasteiger partial charge in [0.25, 0.3) is 0 Å². The summed E-state index contributed by atoms with van der Waals surface area (Å²) in [5, 5.41) is 0. The van der Waals surface area contributed by atoms with Gasteiger partial charge < -0.3 is 4.90 Å². The van der Waals surface area contributed by atoms with Crippen LogP contribution in [0.1, 0.15) is 23.7 Å². The lowest BCUT2D eigenvalue weighted by molar-refractivity contribution is -0.132. The van der Waals surface area contributed by atoms with Crippen LogP contribution in [0.4, 0.5) is 4.39 Å². The zero-order valence-corrected chi connectivity index (χ0v) is 11.6. The molecule has 0 aromatic heterocycles. The highest BCUT2D eigenvalue weighted by molar-refractivity contribution is 5.97. The predicted molar refractivity (Wildman–Crippen MR) is 74.0 cm³/mol. The largest absolute Gasteiger partial charge is 0.340 e. The van der Waals surface area contributed by atoms with Crippen molar-refractivity contribution in [2.75, 3.05) is 32.7 Å². The van der Waals surface area contributed by atoms with Crippen LogP contribution in [0.25, 0.3) is 0 Å². The van der Waals surface area contributed by atoms with Crippen LogP contribution in [0.5, 0.6) is 0 Å². The lowest BCUT2D eigenvalue weighted by Crippen LogP contribution is -2.49. The summed E-state index contributed by atoms with van der Waals surface area (Å²) in [6.45, 7) is 4.93. The summed E-state index contributed by atoms with van der Waals surface area (Å²) >= 11 is 0. The molecule has 1 aromatic carbocycles. The first-order chi connectivity index (χ1) is 9.60. The van der Waals surface area contributed by atoms with Crippen molar-refractivity contribution < 1.29 is 14.0 Å². The average molecular weight is 278 g/mol. The van der Waals surface area contributed by atoms with Gasteiger partial charge in [0.15, 0.2) is 5.78 Å². The molecule has 0 saturated carbocycles. The Kier molecular flexibility index (Phi) is 4.84. The van der Waals surface area contributed by atoms with E-state index in [4.69, 9.17) is 0 Å². The van der Waals surface area contributed by atoms with Crippen LogP contribution in [-0.4, -0.2) is 54.2 Å². The Bertz CT molecular complexity index is 479. The van der Waals surface area contributed by atoms with E-state index in [0.29, 0.717) is 44.7 Å². The molecule has 0 aliphatic carbocycles. The van der Waals surface area contributed by atoms with Crippen molar-refractivity contribution in [3.05, 3.63) is 35.6 Å².